The summed E-state index contributed by atoms with van der Waals surface area (Å²) in [6.45, 7) is 8.74. The number of alkyl halides is 1. The second-order valence-electron chi connectivity index (χ2n) is 5.65. The van der Waals surface area contributed by atoms with Gasteiger partial charge in [0.1, 0.15) is 11.3 Å². The molecule has 19 heavy (non-hydrogen) atoms. The predicted molar refractivity (Wildman–Crippen MR) is 80.6 cm³/mol. The molecule has 0 N–H and O–H groups in total. The summed E-state index contributed by atoms with van der Waals surface area (Å²) in [5.41, 5.74) is 2.93. The van der Waals surface area contributed by atoms with E-state index < -0.39 is 0 Å². The molecule has 0 saturated heterocycles. The van der Waals surface area contributed by atoms with Crippen molar-refractivity contribution in [1.82, 2.24) is 14.5 Å². The topological polar surface area (TPSA) is 30.7 Å². The molecule has 2 aromatic rings. The van der Waals surface area contributed by atoms with Crippen LogP contribution in [0.2, 0.25) is 0 Å². The minimum absolute atomic E-state index is 0.385. The highest BCUT2D eigenvalue weighted by Gasteiger charge is 2.16. The first kappa shape index (κ1) is 14.3. The number of aromatic nitrogens is 3. The molecule has 0 saturated carbocycles. The van der Waals surface area contributed by atoms with Crippen molar-refractivity contribution in [3.63, 3.8) is 0 Å². The van der Waals surface area contributed by atoms with Crippen LogP contribution in [0.4, 0.5) is 0 Å². The zero-order valence-electron chi connectivity index (χ0n) is 12.2. The molecule has 0 fully saturated rings. The van der Waals surface area contributed by atoms with E-state index in [1.807, 2.05) is 19.1 Å². The minimum Gasteiger partial charge on any atom is -0.309 e. The zero-order valence-corrected chi connectivity index (χ0v) is 12.9. The van der Waals surface area contributed by atoms with Gasteiger partial charge in [-0.25, -0.2) is 9.97 Å². The number of fused-ring (bicyclic) bond motifs is 1. The third kappa shape index (κ3) is 3.08. The number of halogens is 1. The van der Waals surface area contributed by atoms with E-state index in [9.17, 15) is 0 Å². The normalized spacial score (nSPS) is 13.4. The highest BCUT2D eigenvalue weighted by molar-refractivity contribution is 6.16. The average Bonchev–Trinajstić information content (AvgIpc) is 2.73. The maximum atomic E-state index is 6.04. The Morgan fingerprint density at radius 1 is 1.16 bits per heavy atom. The molecule has 0 aliphatic carbocycles. The number of hydrogen-bond acceptors (Lipinski definition) is 2. The van der Waals surface area contributed by atoms with Gasteiger partial charge in [-0.15, -0.1) is 11.6 Å². The van der Waals surface area contributed by atoms with Crippen molar-refractivity contribution in [2.45, 2.75) is 52.5 Å². The molecule has 0 radical (unpaired) electrons. The highest BCUT2D eigenvalue weighted by atomic mass is 35.5. The fraction of sp³-hybridized carbons (Fsp3) is 0.600. The molecule has 1 unspecified atom stereocenters. The maximum absolute atomic E-state index is 6.04. The van der Waals surface area contributed by atoms with Crippen LogP contribution in [0, 0.1) is 12.8 Å². The fourth-order valence-electron chi connectivity index (χ4n) is 2.38. The Morgan fingerprint density at radius 2 is 1.89 bits per heavy atom. The number of imidazole rings is 1. The lowest BCUT2D eigenvalue weighted by molar-refractivity contribution is 0.438. The molecule has 0 aliphatic rings. The van der Waals surface area contributed by atoms with E-state index in [1.165, 1.54) is 6.42 Å². The summed E-state index contributed by atoms with van der Waals surface area (Å²) in [6.07, 6.45) is 2.33. The SMILES string of the molecule is Cc1ccc2nc(CCl)n(C(C)CCC(C)C)c2n1. The fourth-order valence-corrected chi connectivity index (χ4v) is 2.56. The van der Waals surface area contributed by atoms with Crippen LogP contribution in [0.25, 0.3) is 11.2 Å². The first-order valence-electron chi connectivity index (χ1n) is 6.93. The van der Waals surface area contributed by atoms with Crippen LogP contribution in [0.5, 0.6) is 0 Å². The number of nitrogens with zero attached hydrogens (tertiary/aromatic N) is 3. The van der Waals surface area contributed by atoms with E-state index in [-0.39, 0.29) is 0 Å². The van der Waals surface area contributed by atoms with Crippen molar-refractivity contribution < 1.29 is 0 Å². The third-order valence-electron chi connectivity index (χ3n) is 3.47. The molecule has 2 aromatic heterocycles. The smallest absolute Gasteiger partial charge is 0.160 e. The van der Waals surface area contributed by atoms with Gasteiger partial charge in [0.25, 0.3) is 0 Å². The molecule has 3 nitrogen and oxygen atoms in total. The minimum atomic E-state index is 0.385. The quantitative estimate of drug-likeness (QED) is 0.756. The molecule has 2 heterocycles. The van der Waals surface area contributed by atoms with Crippen molar-refractivity contribution in [2.24, 2.45) is 5.92 Å². The van der Waals surface area contributed by atoms with E-state index in [0.29, 0.717) is 17.8 Å². The first-order chi connectivity index (χ1) is 9.02. The Balaban J connectivity index is 2.41. The van der Waals surface area contributed by atoms with Gasteiger partial charge in [-0.3, -0.25) is 0 Å². The summed E-state index contributed by atoms with van der Waals surface area (Å²) in [4.78, 5) is 9.22. The monoisotopic (exact) mass is 279 g/mol. The summed E-state index contributed by atoms with van der Waals surface area (Å²) >= 11 is 6.04. The van der Waals surface area contributed by atoms with Crippen LogP contribution < -0.4 is 0 Å². The summed E-state index contributed by atoms with van der Waals surface area (Å²) in [5, 5.41) is 0. The largest absolute Gasteiger partial charge is 0.309 e. The van der Waals surface area contributed by atoms with Crippen LogP contribution in [0.3, 0.4) is 0 Å². The Bertz CT molecular complexity index is 560. The molecule has 0 aliphatic heterocycles. The third-order valence-corrected chi connectivity index (χ3v) is 3.71. The Hall–Kier alpha value is -1.09. The van der Waals surface area contributed by atoms with Gasteiger partial charge in [0.05, 0.1) is 5.88 Å². The molecular weight excluding hydrogens is 258 g/mol. The summed E-state index contributed by atoms with van der Waals surface area (Å²) < 4.78 is 2.21. The van der Waals surface area contributed by atoms with Gasteiger partial charge >= 0.3 is 0 Å². The molecule has 2 rings (SSSR count). The number of pyridine rings is 1. The molecule has 0 spiro atoms. The second kappa shape index (κ2) is 5.91. The summed E-state index contributed by atoms with van der Waals surface area (Å²) in [6, 6.07) is 4.41. The maximum Gasteiger partial charge on any atom is 0.160 e. The lowest BCUT2D eigenvalue weighted by Crippen LogP contribution is -2.10. The zero-order chi connectivity index (χ0) is 14.0. The van der Waals surface area contributed by atoms with Crippen LogP contribution in [-0.2, 0) is 5.88 Å². The van der Waals surface area contributed by atoms with Crippen LogP contribution >= 0.6 is 11.6 Å². The van der Waals surface area contributed by atoms with Gasteiger partial charge in [-0.2, -0.15) is 0 Å². The van der Waals surface area contributed by atoms with E-state index in [2.05, 4.69) is 35.3 Å². The summed E-state index contributed by atoms with van der Waals surface area (Å²) in [5.74, 6) is 2.07. The molecule has 0 amide bonds. The Labute approximate surface area is 120 Å². The van der Waals surface area contributed by atoms with E-state index >= 15 is 0 Å². The Kier molecular flexibility index (Phi) is 4.46. The van der Waals surface area contributed by atoms with Gasteiger partial charge in [0.15, 0.2) is 5.65 Å². The Morgan fingerprint density at radius 3 is 2.53 bits per heavy atom. The molecule has 0 aromatic carbocycles. The van der Waals surface area contributed by atoms with Gasteiger partial charge in [-0.05, 0) is 44.7 Å². The van der Waals surface area contributed by atoms with Gasteiger partial charge in [0, 0.05) is 11.7 Å². The summed E-state index contributed by atoms with van der Waals surface area (Å²) in [7, 11) is 0. The molecule has 1 atom stereocenters. The lowest BCUT2D eigenvalue weighted by Gasteiger charge is -2.17. The van der Waals surface area contributed by atoms with Crippen molar-refractivity contribution in [3.05, 3.63) is 23.7 Å². The lowest BCUT2D eigenvalue weighted by atomic mass is 10.0. The number of hydrogen-bond donors (Lipinski definition) is 0. The highest BCUT2D eigenvalue weighted by Crippen LogP contribution is 2.25. The molecule has 104 valence electrons. The van der Waals surface area contributed by atoms with Crippen LogP contribution in [0.1, 0.15) is 51.2 Å². The van der Waals surface area contributed by atoms with Gasteiger partial charge in [-0.1, -0.05) is 13.8 Å². The predicted octanol–water partition coefficient (Wildman–Crippen LogP) is 4.48. The van der Waals surface area contributed by atoms with Gasteiger partial charge in [0.2, 0.25) is 0 Å². The van der Waals surface area contributed by atoms with Gasteiger partial charge < -0.3 is 4.57 Å². The van der Waals surface area contributed by atoms with E-state index in [0.717, 1.165) is 29.1 Å². The number of rotatable bonds is 5. The van der Waals surface area contributed by atoms with Crippen LogP contribution in [0.15, 0.2) is 12.1 Å². The second-order valence-corrected chi connectivity index (χ2v) is 5.91. The number of aryl methyl sites for hydroxylation is 1. The van der Waals surface area contributed by atoms with Crippen molar-refractivity contribution in [3.8, 4) is 0 Å². The molecule has 4 heteroatoms. The van der Waals surface area contributed by atoms with Crippen LogP contribution in [-0.4, -0.2) is 14.5 Å². The van der Waals surface area contributed by atoms with Crippen molar-refractivity contribution in [1.29, 1.82) is 0 Å². The first-order valence-corrected chi connectivity index (χ1v) is 7.46. The van der Waals surface area contributed by atoms with Crippen molar-refractivity contribution in [2.75, 3.05) is 0 Å². The standard InChI is InChI=1S/C15H22ClN3/c1-10(2)5-7-12(4)19-14(9-16)18-13-8-6-11(3)17-15(13)19/h6,8,10,12H,5,7,9H2,1-4H3. The van der Waals surface area contributed by atoms with E-state index in [1.54, 1.807) is 0 Å². The van der Waals surface area contributed by atoms with Crippen molar-refractivity contribution >= 4 is 22.8 Å². The molecule has 0 bridgehead atoms. The average molecular weight is 280 g/mol. The molecular formula is C15H22ClN3. The van der Waals surface area contributed by atoms with E-state index in [4.69, 9.17) is 11.6 Å².